The molecule has 0 atom stereocenters. The molecular weight excluding hydrogens is 380 g/mol. The van der Waals surface area contributed by atoms with Crippen LogP contribution in [0.2, 0.25) is 0 Å². The Labute approximate surface area is 165 Å². The average Bonchev–Trinajstić information content (AvgIpc) is 2.71. The summed E-state index contributed by atoms with van der Waals surface area (Å²) in [6.45, 7) is 3.02. The van der Waals surface area contributed by atoms with Crippen LogP contribution < -0.4 is 14.2 Å². The smallest absolute Gasteiger partial charge is 0.262 e. The standard InChI is InChI=1S/C20H24N2O5S/c1-4-20(23)22-10-9-14-5-6-16(11-15(14)13-22)21-28(24,25)17-7-8-18(26-2)19(12-17)27-3/h5-8,11-12,21H,4,9-10,13H2,1-3H3. The molecule has 0 aliphatic carbocycles. The first-order valence-electron chi connectivity index (χ1n) is 9.02. The molecule has 150 valence electrons. The number of ether oxygens (including phenoxy) is 2. The van der Waals surface area contributed by atoms with Gasteiger partial charge in [-0.1, -0.05) is 13.0 Å². The molecule has 0 bridgehead atoms. The number of carbonyl (C=O) groups is 1. The lowest BCUT2D eigenvalue weighted by atomic mass is 9.99. The average molecular weight is 404 g/mol. The molecule has 0 spiro atoms. The number of benzene rings is 2. The van der Waals surface area contributed by atoms with Gasteiger partial charge in [-0.15, -0.1) is 0 Å². The van der Waals surface area contributed by atoms with Crippen molar-refractivity contribution >= 4 is 21.6 Å². The fraction of sp³-hybridized carbons (Fsp3) is 0.350. The van der Waals surface area contributed by atoms with Crippen molar-refractivity contribution in [1.82, 2.24) is 4.90 Å². The second kappa shape index (κ2) is 8.10. The summed E-state index contributed by atoms with van der Waals surface area (Å²) in [5.41, 5.74) is 2.55. The largest absolute Gasteiger partial charge is 0.493 e. The number of fused-ring (bicyclic) bond motifs is 1. The molecule has 1 heterocycles. The summed E-state index contributed by atoms with van der Waals surface area (Å²) in [5.74, 6) is 0.891. The molecule has 0 saturated carbocycles. The van der Waals surface area contributed by atoms with E-state index in [2.05, 4.69) is 4.72 Å². The number of amides is 1. The SMILES string of the molecule is CCC(=O)N1CCc2ccc(NS(=O)(=O)c3ccc(OC)c(OC)c3)cc2C1. The lowest BCUT2D eigenvalue weighted by Gasteiger charge is -2.29. The molecule has 28 heavy (non-hydrogen) atoms. The monoisotopic (exact) mass is 404 g/mol. The van der Waals surface area contributed by atoms with Crippen molar-refractivity contribution in [2.75, 3.05) is 25.5 Å². The second-order valence-electron chi connectivity index (χ2n) is 6.52. The lowest BCUT2D eigenvalue weighted by molar-refractivity contribution is -0.131. The van der Waals surface area contributed by atoms with Crippen LogP contribution in [0.3, 0.4) is 0 Å². The molecule has 0 fully saturated rings. The molecular formula is C20H24N2O5S. The van der Waals surface area contributed by atoms with Crippen molar-refractivity contribution in [2.45, 2.75) is 31.2 Å². The molecule has 7 nitrogen and oxygen atoms in total. The number of hydrogen-bond acceptors (Lipinski definition) is 5. The third-order valence-corrected chi connectivity index (χ3v) is 6.17. The fourth-order valence-corrected chi connectivity index (χ4v) is 4.32. The van der Waals surface area contributed by atoms with Crippen LogP contribution in [0.15, 0.2) is 41.3 Å². The number of nitrogens with zero attached hydrogens (tertiary/aromatic N) is 1. The van der Waals surface area contributed by atoms with Gasteiger partial charge in [0, 0.05) is 31.3 Å². The molecule has 1 aliphatic rings. The number of rotatable bonds is 6. The van der Waals surface area contributed by atoms with Crippen molar-refractivity contribution in [2.24, 2.45) is 0 Å². The Morgan fingerprint density at radius 3 is 2.50 bits per heavy atom. The molecule has 1 amide bonds. The van der Waals surface area contributed by atoms with Gasteiger partial charge in [-0.2, -0.15) is 0 Å². The van der Waals surface area contributed by atoms with E-state index < -0.39 is 10.0 Å². The number of sulfonamides is 1. The highest BCUT2D eigenvalue weighted by Crippen LogP contribution is 2.31. The van der Waals surface area contributed by atoms with Gasteiger partial charge in [0.1, 0.15) is 0 Å². The van der Waals surface area contributed by atoms with Gasteiger partial charge in [0.15, 0.2) is 11.5 Å². The van der Waals surface area contributed by atoms with E-state index in [0.717, 1.165) is 17.5 Å². The summed E-state index contributed by atoms with van der Waals surface area (Å²) in [6.07, 6.45) is 1.23. The summed E-state index contributed by atoms with van der Waals surface area (Å²) >= 11 is 0. The van der Waals surface area contributed by atoms with Gasteiger partial charge in [0.25, 0.3) is 10.0 Å². The zero-order valence-corrected chi connectivity index (χ0v) is 17.0. The minimum absolute atomic E-state index is 0.0747. The van der Waals surface area contributed by atoms with Crippen LogP contribution in [0, 0.1) is 0 Å². The molecule has 2 aromatic carbocycles. The first-order chi connectivity index (χ1) is 13.4. The van der Waals surface area contributed by atoms with Crippen LogP contribution in [0.1, 0.15) is 24.5 Å². The Morgan fingerprint density at radius 1 is 1.07 bits per heavy atom. The van der Waals surface area contributed by atoms with Crippen LogP contribution in [0.25, 0.3) is 0 Å². The first kappa shape index (κ1) is 20.0. The third kappa shape index (κ3) is 4.06. The second-order valence-corrected chi connectivity index (χ2v) is 8.21. The topological polar surface area (TPSA) is 84.9 Å². The molecule has 3 rings (SSSR count). The van der Waals surface area contributed by atoms with Crippen molar-refractivity contribution < 1.29 is 22.7 Å². The summed E-state index contributed by atoms with van der Waals surface area (Å²) in [6, 6.07) is 9.88. The predicted octanol–water partition coefficient (Wildman–Crippen LogP) is 2.80. The molecule has 1 aliphatic heterocycles. The van der Waals surface area contributed by atoms with E-state index in [0.29, 0.717) is 36.7 Å². The molecule has 1 N–H and O–H groups in total. The Kier molecular flexibility index (Phi) is 5.79. The van der Waals surface area contributed by atoms with Gasteiger partial charge in [-0.25, -0.2) is 8.42 Å². The molecule has 0 aromatic heterocycles. The van der Waals surface area contributed by atoms with Crippen molar-refractivity contribution in [3.63, 3.8) is 0 Å². The van der Waals surface area contributed by atoms with Gasteiger partial charge in [0.05, 0.1) is 19.1 Å². The van der Waals surface area contributed by atoms with Crippen LogP contribution in [0.4, 0.5) is 5.69 Å². The maximum atomic E-state index is 12.8. The van der Waals surface area contributed by atoms with Crippen LogP contribution >= 0.6 is 0 Å². The maximum Gasteiger partial charge on any atom is 0.262 e. The van der Waals surface area contributed by atoms with E-state index in [1.165, 1.54) is 26.4 Å². The zero-order chi connectivity index (χ0) is 20.3. The first-order valence-corrected chi connectivity index (χ1v) is 10.5. The summed E-state index contributed by atoms with van der Waals surface area (Å²) in [5, 5.41) is 0. The van der Waals surface area contributed by atoms with Gasteiger partial charge in [0.2, 0.25) is 5.91 Å². The van der Waals surface area contributed by atoms with E-state index in [-0.39, 0.29) is 10.8 Å². The van der Waals surface area contributed by atoms with Gasteiger partial charge >= 0.3 is 0 Å². The van der Waals surface area contributed by atoms with E-state index in [9.17, 15) is 13.2 Å². The molecule has 0 unspecified atom stereocenters. The Bertz CT molecular complexity index is 988. The number of hydrogen-bond donors (Lipinski definition) is 1. The number of nitrogens with one attached hydrogen (secondary N) is 1. The highest BCUT2D eigenvalue weighted by Gasteiger charge is 2.21. The van der Waals surface area contributed by atoms with Crippen molar-refractivity contribution in [3.8, 4) is 11.5 Å². The minimum atomic E-state index is -3.80. The minimum Gasteiger partial charge on any atom is -0.493 e. The van der Waals surface area contributed by atoms with E-state index >= 15 is 0 Å². The number of anilines is 1. The number of methoxy groups -OCH3 is 2. The Hall–Kier alpha value is -2.74. The summed E-state index contributed by atoms with van der Waals surface area (Å²) in [4.78, 5) is 13.9. The molecule has 0 radical (unpaired) electrons. The predicted molar refractivity (Wildman–Crippen MR) is 106 cm³/mol. The summed E-state index contributed by atoms with van der Waals surface area (Å²) in [7, 11) is -0.855. The lowest BCUT2D eigenvalue weighted by Crippen LogP contribution is -2.35. The van der Waals surface area contributed by atoms with Crippen molar-refractivity contribution in [3.05, 3.63) is 47.5 Å². The number of carbonyl (C=O) groups excluding carboxylic acids is 1. The highest BCUT2D eigenvalue weighted by atomic mass is 32.2. The van der Waals surface area contributed by atoms with Gasteiger partial charge in [-0.05, 0) is 41.8 Å². The van der Waals surface area contributed by atoms with Crippen LogP contribution in [-0.4, -0.2) is 40.0 Å². The van der Waals surface area contributed by atoms with Gasteiger partial charge in [-0.3, -0.25) is 9.52 Å². The Balaban J connectivity index is 1.85. The van der Waals surface area contributed by atoms with Gasteiger partial charge < -0.3 is 14.4 Å². The molecule has 2 aromatic rings. The van der Waals surface area contributed by atoms with Crippen LogP contribution in [-0.2, 0) is 27.8 Å². The van der Waals surface area contributed by atoms with E-state index in [1.807, 2.05) is 13.0 Å². The molecule has 8 heteroatoms. The third-order valence-electron chi connectivity index (χ3n) is 4.79. The van der Waals surface area contributed by atoms with E-state index in [1.54, 1.807) is 23.1 Å². The summed E-state index contributed by atoms with van der Waals surface area (Å²) < 4.78 is 38.5. The fourth-order valence-electron chi connectivity index (χ4n) is 3.25. The van der Waals surface area contributed by atoms with Crippen molar-refractivity contribution in [1.29, 1.82) is 0 Å². The maximum absolute atomic E-state index is 12.8. The Morgan fingerprint density at radius 2 is 1.82 bits per heavy atom. The van der Waals surface area contributed by atoms with E-state index in [4.69, 9.17) is 9.47 Å². The highest BCUT2D eigenvalue weighted by molar-refractivity contribution is 7.92. The van der Waals surface area contributed by atoms with Crippen LogP contribution in [0.5, 0.6) is 11.5 Å². The molecule has 0 saturated heterocycles. The zero-order valence-electron chi connectivity index (χ0n) is 16.2. The normalized spacial score (nSPS) is 13.6. The quantitative estimate of drug-likeness (QED) is 0.800.